The molecule has 3 atom stereocenters. The second kappa shape index (κ2) is 11.0. The lowest BCUT2D eigenvalue weighted by Gasteiger charge is -2.43. The van der Waals surface area contributed by atoms with Gasteiger partial charge < -0.3 is 26.2 Å². The highest BCUT2D eigenvalue weighted by atomic mass is 16.4. The van der Waals surface area contributed by atoms with E-state index in [1.807, 2.05) is 48.5 Å². The highest BCUT2D eigenvalue weighted by molar-refractivity contribution is 5.92. The van der Waals surface area contributed by atoms with E-state index < -0.39 is 35.9 Å². The van der Waals surface area contributed by atoms with E-state index in [0.717, 1.165) is 22.3 Å². The topological polar surface area (TPSA) is 133 Å². The Balaban J connectivity index is 1.67. The van der Waals surface area contributed by atoms with Crippen LogP contribution < -0.4 is 11.1 Å². The first-order chi connectivity index (χ1) is 17.4. The second-order valence-electron chi connectivity index (χ2n) is 8.90. The number of aliphatic carboxylic acids is 1. The van der Waals surface area contributed by atoms with Crippen molar-refractivity contribution < 1.29 is 24.6 Å². The number of benzene rings is 3. The fourth-order valence-corrected chi connectivity index (χ4v) is 4.82. The van der Waals surface area contributed by atoms with Gasteiger partial charge in [-0.1, -0.05) is 66.7 Å². The number of carboxylic acids is 1. The molecular weight excluding hydrogens is 458 g/mol. The van der Waals surface area contributed by atoms with Gasteiger partial charge in [0.25, 0.3) is 0 Å². The Hall–Kier alpha value is -4.17. The summed E-state index contributed by atoms with van der Waals surface area (Å²) in [6.07, 6.45) is 0.706. The summed E-state index contributed by atoms with van der Waals surface area (Å²) in [5.74, 6) is -2.01. The Morgan fingerprint density at radius 3 is 2.36 bits per heavy atom. The Morgan fingerprint density at radius 2 is 1.67 bits per heavy atom. The van der Waals surface area contributed by atoms with Crippen LogP contribution in [0.25, 0.3) is 0 Å². The van der Waals surface area contributed by atoms with Crippen LogP contribution in [0, 0.1) is 0 Å². The van der Waals surface area contributed by atoms with E-state index in [1.165, 1.54) is 4.90 Å². The summed E-state index contributed by atoms with van der Waals surface area (Å²) in [6.45, 7) is -0.297. The van der Waals surface area contributed by atoms with Crippen LogP contribution >= 0.6 is 0 Å². The van der Waals surface area contributed by atoms with Gasteiger partial charge in [0.05, 0.1) is 12.6 Å². The fourth-order valence-electron chi connectivity index (χ4n) is 4.82. The van der Waals surface area contributed by atoms with Gasteiger partial charge in [0.1, 0.15) is 17.8 Å². The normalized spacial score (nSPS) is 17.6. The van der Waals surface area contributed by atoms with Crippen LogP contribution in [0.1, 0.15) is 28.3 Å². The third-order valence-electron chi connectivity index (χ3n) is 6.50. The minimum atomic E-state index is -1.16. The largest absolute Gasteiger partial charge is 0.508 e. The van der Waals surface area contributed by atoms with Crippen molar-refractivity contribution in [3.63, 3.8) is 0 Å². The van der Waals surface area contributed by atoms with Gasteiger partial charge in [-0.2, -0.15) is 0 Å². The van der Waals surface area contributed by atoms with E-state index in [0.29, 0.717) is 6.42 Å². The molecule has 1 aliphatic rings. The number of hydrogen-bond acceptors (Lipinski definition) is 5. The zero-order chi connectivity index (χ0) is 25.7. The van der Waals surface area contributed by atoms with E-state index >= 15 is 0 Å². The first-order valence-electron chi connectivity index (χ1n) is 11.8. The third-order valence-corrected chi connectivity index (χ3v) is 6.50. The lowest BCUT2D eigenvalue weighted by Crippen LogP contribution is -2.58. The SMILES string of the molecule is NCC(=O)N1[C@H](Cc2cccc(O)c2)c2ccccc2C[C@H]1C(=O)N[C@@H](Cc1ccccc1)C(=O)O. The number of nitrogens with one attached hydrogen (secondary N) is 1. The Bertz CT molecular complexity index is 1250. The number of nitrogens with two attached hydrogens (primary N) is 1. The molecule has 8 heteroatoms. The number of carbonyl (C=O) groups excluding carboxylic acids is 2. The molecule has 8 nitrogen and oxygen atoms in total. The van der Waals surface area contributed by atoms with Crippen LogP contribution in [0.2, 0.25) is 0 Å². The van der Waals surface area contributed by atoms with Crippen molar-refractivity contribution in [2.24, 2.45) is 5.73 Å². The molecule has 0 saturated heterocycles. The molecule has 0 aliphatic carbocycles. The Labute approximate surface area is 209 Å². The zero-order valence-corrected chi connectivity index (χ0v) is 19.7. The van der Waals surface area contributed by atoms with Crippen LogP contribution in [0.15, 0.2) is 78.9 Å². The molecule has 0 saturated carbocycles. The van der Waals surface area contributed by atoms with Gasteiger partial charge in [-0.15, -0.1) is 0 Å². The highest BCUT2D eigenvalue weighted by Crippen LogP contribution is 2.36. The summed E-state index contributed by atoms with van der Waals surface area (Å²) in [7, 11) is 0. The van der Waals surface area contributed by atoms with E-state index in [2.05, 4.69) is 5.32 Å². The number of carboxylic acid groups (broad SMARTS) is 1. The van der Waals surface area contributed by atoms with E-state index in [4.69, 9.17) is 5.73 Å². The number of phenols is 1. The van der Waals surface area contributed by atoms with Gasteiger partial charge in [-0.25, -0.2) is 4.79 Å². The molecule has 5 N–H and O–H groups in total. The number of nitrogens with zero attached hydrogens (tertiary/aromatic N) is 1. The summed E-state index contributed by atoms with van der Waals surface area (Å²) in [6, 6.07) is 20.8. The Morgan fingerprint density at radius 1 is 0.972 bits per heavy atom. The van der Waals surface area contributed by atoms with Gasteiger partial charge in [0.2, 0.25) is 11.8 Å². The monoisotopic (exact) mass is 487 g/mol. The van der Waals surface area contributed by atoms with Gasteiger partial charge in [-0.05, 0) is 40.8 Å². The van der Waals surface area contributed by atoms with Crippen molar-refractivity contribution in [3.05, 3.63) is 101 Å². The maximum atomic E-state index is 13.5. The van der Waals surface area contributed by atoms with Crippen molar-refractivity contribution in [3.8, 4) is 5.75 Å². The van der Waals surface area contributed by atoms with Crippen LogP contribution in [0.5, 0.6) is 5.75 Å². The molecule has 2 amide bonds. The standard InChI is InChI=1S/C28H29N3O5/c29-17-26(33)31-24(15-19-9-6-11-21(32)13-19)22-12-5-4-10-20(22)16-25(31)27(34)30-23(28(35)36)14-18-7-2-1-3-8-18/h1-13,23-25,32H,14-17,29H2,(H,30,34)(H,35,36)/t23-,24+,25-/m0/s1. The van der Waals surface area contributed by atoms with Crippen LogP contribution in [-0.4, -0.2) is 51.5 Å². The van der Waals surface area contributed by atoms with E-state index in [1.54, 1.807) is 30.3 Å². The lowest BCUT2D eigenvalue weighted by molar-refractivity contribution is -0.146. The minimum absolute atomic E-state index is 0.104. The van der Waals surface area contributed by atoms with Crippen molar-refractivity contribution >= 4 is 17.8 Å². The quantitative estimate of drug-likeness (QED) is 0.385. The van der Waals surface area contributed by atoms with Crippen LogP contribution in [0.3, 0.4) is 0 Å². The number of carbonyl (C=O) groups is 3. The van der Waals surface area contributed by atoms with Crippen molar-refractivity contribution in [1.29, 1.82) is 0 Å². The number of phenolic OH excluding ortho intramolecular Hbond substituents is 1. The predicted molar refractivity (Wildman–Crippen MR) is 134 cm³/mol. The summed E-state index contributed by atoms with van der Waals surface area (Å²) in [5.41, 5.74) is 9.12. The smallest absolute Gasteiger partial charge is 0.326 e. The number of hydrogen-bond donors (Lipinski definition) is 4. The molecule has 1 aliphatic heterocycles. The van der Waals surface area contributed by atoms with E-state index in [-0.39, 0.29) is 25.1 Å². The van der Waals surface area contributed by atoms with Gasteiger partial charge >= 0.3 is 5.97 Å². The van der Waals surface area contributed by atoms with Crippen molar-refractivity contribution in [2.45, 2.75) is 37.4 Å². The predicted octanol–water partition coefficient (Wildman–Crippen LogP) is 2.20. The minimum Gasteiger partial charge on any atom is -0.508 e. The van der Waals surface area contributed by atoms with Gasteiger partial charge in [0, 0.05) is 12.8 Å². The van der Waals surface area contributed by atoms with Gasteiger partial charge in [0.15, 0.2) is 0 Å². The van der Waals surface area contributed by atoms with Gasteiger partial charge in [-0.3, -0.25) is 9.59 Å². The summed E-state index contributed by atoms with van der Waals surface area (Å²) < 4.78 is 0. The Kier molecular flexibility index (Phi) is 7.65. The molecule has 4 rings (SSSR count). The second-order valence-corrected chi connectivity index (χ2v) is 8.90. The number of fused-ring (bicyclic) bond motifs is 1. The van der Waals surface area contributed by atoms with E-state index in [9.17, 15) is 24.6 Å². The average molecular weight is 488 g/mol. The molecule has 0 bridgehead atoms. The van der Waals surface area contributed by atoms with Crippen LogP contribution in [-0.2, 0) is 33.6 Å². The number of aromatic hydroxyl groups is 1. The third kappa shape index (κ3) is 5.55. The molecule has 0 unspecified atom stereocenters. The molecule has 1 heterocycles. The number of amides is 2. The first-order valence-corrected chi connectivity index (χ1v) is 11.8. The average Bonchev–Trinajstić information content (AvgIpc) is 2.88. The molecule has 36 heavy (non-hydrogen) atoms. The summed E-state index contributed by atoms with van der Waals surface area (Å²) in [4.78, 5) is 40.1. The molecule has 0 spiro atoms. The summed E-state index contributed by atoms with van der Waals surface area (Å²) in [5, 5.41) is 22.4. The maximum Gasteiger partial charge on any atom is 0.326 e. The highest BCUT2D eigenvalue weighted by Gasteiger charge is 2.41. The summed E-state index contributed by atoms with van der Waals surface area (Å²) >= 11 is 0. The molecule has 3 aromatic carbocycles. The molecule has 0 fully saturated rings. The first kappa shape index (κ1) is 24.9. The number of rotatable bonds is 8. The fraction of sp³-hybridized carbons (Fsp3) is 0.250. The van der Waals surface area contributed by atoms with Crippen molar-refractivity contribution in [2.75, 3.05) is 6.54 Å². The molecule has 0 radical (unpaired) electrons. The molecule has 186 valence electrons. The van der Waals surface area contributed by atoms with Crippen molar-refractivity contribution in [1.82, 2.24) is 10.2 Å². The van der Waals surface area contributed by atoms with Crippen LogP contribution in [0.4, 0.5) is 0 Å². The zero-order valence-electron chi connectivity index (χ0n) is 19.7. The lowest BCUT2D eigenvalue weighted by atomic mass is 9.84. The molecule has 0 aromatic heterocycles. The molecule has 3 aromatic rings. The maximum absolute atomic E-state index is 13.5. The molecular formula is C28H29N3O5.